The highest BCUT2D eigenvalue weighted by molar-refractivity contribution is 6.31. The highest BCUT2D eigenvalue weighted by Gasteiger charge is 2.23. The minimum absolute atomic E-state index is 0.00199. The third kappa shape index (κ3) is 4.30. The molecule has 34 heavy (non-hydrogen) atoms. The van der Waals surface area contributed by atoms with Crippen molar-refractivity contribution in [2.75, 3.05) is 25.6 Å². The maximum Gasteiger partial charge on any atom is 0.261 e. The molecule has 0 unspecified atom stereocenters. The van der Waals surface area contributed by atoms with Crippen LogP contribution < -0.4 is 15.4 Å². The molecule has 2 amide bonds. The largest absolute Gasteiger partial charge is 0.496 e. The Morgan fingerprint density at radius 2 is 2.18 bits per heavy atom. The zero-order valence-electron chi connectivity index (χ0n) is 18.1. The van der Waals surface area contributed by atoms with E-state index in [-0.39, 0.29) is 18.5 Å². The van der Waals surface area contributed by atoms with Crippen molar-refractivity contribution < 1.29 is 19.1 Å². The quantitative estimate of drug-likeness (QED) is 0.413. The first kappa shape index (κ1) is 21.9. The summed E-state index contributed by atoms with van der Waals surface area (Å²) in [5.74, 6) is -0.129. The molecule has 1 aromatic carbocycles. The molecule has 4 heterocycles. The number of nitrogens with zero attached hydrogens (tertiary/aromatic N) is 5. The first-order valence-electron chi connectivity index (χ1n) is 10.4. The Labute approximate surface area is 198 Å². The summed E-state index contributed by atoms with van der Waals surface area (Å²) in [7, 11) is 1.53. The van der Waals surface area contributed by atoms with E-state index in [1.54, 1.807) is 42.9 Å². The van der Waals surface area contributed by atoms with Gasteiger partial charge in [0.05, 0.1) is 38.2 Å². The van der Waals surface area contributed by atoms with Crippen LogP contribution >= 0.6 is 11.6 Å². The van der Waals surface area contributed by atoms with Gasteiger partial charge in [0.2, 0.25) is 5.91 Å². The lowest BCUT2D eigenvalue weighted by atomic mass is 10.1. The Bertz CT molecular complexity index is 1380. The topological polar surface area (TPSA) is 125 Å². The van der Waals surface area contributed by atoms with Crippen LogP contribution in [0.3, 0.4) is 0 Å². The summed E-state index contributed by atoms with van der Waals surface area (Å²) in [6, 6.07) is 6.80. The predicted molar refractivity (Wildman–Crippen MR) is 123 cm³/mol. The number of carbonyl (C=O) groups excluding carboxylic acids is 2. The number of ether oxygens (including phenoxy) is 2. The number of halogens is 1. The summed E-state index contributed by atoms with van der Waals surface area (Å²) in [5, 5.41) is 14.9. The summed E-state index contributed by atoms with van der Waals surface area (Å²) < 4.78 is 13.5. The summed E-state index contributed by atoms with van der Waals surface area (Å²) in [6.45, 7) is 0.941. The smallest absolute Gasteiger partial charge is 0.261 e. The number of aromatic nitrogens is 5. The molecule has 1 aliphatic rings. The number of fused-ring (bicyclic) bond motifs is 1. The van der Waals surface area contributed by atoms with Crippen LogP contribution in [-0.2, 0) is 16.1 Å². The van der Waals surface area contributed by atoms with Crippen molar-refractivity contribution in [3.63, 3.8) is 0 Å². The first-order chi connectivity index (χ1) is 16.5. The van der Waals surface area contributed by atoms with Gasteiger partial charge in [-0.25, -0.2) is 9.50 Å². The summed E-state index contributed by atoms with van der Waals surface area (Å²) >= 11 is 6.23. The van der Waals surface area contributed by atoms with E-state index >= 15 is 0 Å². The van der Waals surface area contributed by atoms with Gasteiger partial charge in [-0.15, -0.1) is 0 Å². The van der Waals surface area contributed by atoms with Crippen molar-refractivity contribution in [3.8, 4) is 17.0 Å². The van der Waals surface area contributed by atoms with Crippen molar-refractivity contribution in [2.24, 2.45) is 0 Å². The Morgan fingerprint density at radius 3 is 2.94 bits per heavy atom. The maximum atomic E-state index is 13.1. The highest BCUT2D eigenvalue weighted by atomic mass is 35.5. The van der Waals surface area contributed by atoms with Crippen LogP contribution in [0.2, 0.25) is 5.02 Å². The molecule has 11 nitrogen and oxygen atoms in total. The second-order valence-corrected chi connectivity index (χ2v) is 8.07. The fourth-order valence-electron chi connectivity index (χ4n) is 3.57. The fraction of sp³-hybridized carbons (Fsp3) is 0.227. The number of nitrogens with one attached hydrogen (secondary N) is 2. The number of methoxy groups -OCH3 is 1. The Balaban J connectivity index is 1.49. The Hall–Kier alpha value is -3.96. The van der Waals surface area contributed by atoms with Gasteiger partial charge in [0.15, 0.2) is 5.65 Å². The van der Waals surface area contributed by atoms with Gasteiger partial charge < -0.3 is 20.1 Å². The molecule has 4 aromatic rings. The summed E-state index contributed by atoms with van der Waals surface area (Å²) in [4.78, 5) is 29.8. The third-order valence-electron chi connectivity index (χ3n) is 5.26. The van der Waals surface area contributed by atoms with E-state index in [0.717, 1.165) is 0 Å². The average Bonchev–Trinajstić information content (AvgIpc) is 3.40. The number of amides is 2. The fourth-order valence-corrected chi connectivity index (χ4v) is 3.75. The van der Waals surface area contributed by atoms with Crippen LogP contribution in [0.5, 0.6) is 5.75 Å². The van der Waals surface area contributed by atoms with Gasteiger partial charge in [0, 0.05) is 29.2 Å². The lowest BCUT2D eigenvalue weighted by molar-refractivity contribution is -0.126. The van der Waals surface area contributed by atoms with Crippen LogP contribution in [0, 0.1) is 0 Å². The number of benzene rings is 1. The van der Waals surface area contributed by atoms with E-state index < -0.39 is 5.91 Å². The Kier molecular flexibility index (Phi) is 5.86. The molecule has 1 aliphatic heterocycles. The predicted octanol–water partition coefficient (Wildman–Crippen LogP) is 2.02. The normalized spacial score (nSPS) is 13.5. The van der Waals surface area contributed by atoms with E-state index in [0.29, 0.717) is 52.1 Å². The molecule has 0 saturated carbocycles. The molecule has 1 saturated heterocycles. The number of hydrogen-bond acceptors (Lipinski definition) is 7. The van der Waals surface area contributed by atoms with Gasteiger partial charge in [-0.3, -0.25) is 14.3 Å². The number of anilines is 1. The number of rotatable bonds is 7. The number of carbonyl (C=O) groups is 2. The zero-order valence-corrected chi connectivity index (χ0v) is 18.8. The molecule has 2 N–H and O–H groups in total. The van der Waals surface area contributed by atoms with Gasteiger partial charge in [0.1, 0.15) is 23.6 Å². The minimum atomic E-state index is -0.424. The lowest BCUT2D eigenvalue weighted by Crippen LogP contribution is -2.49. The van der Waals surface area contributed by atoms with Gasteiger partial charge in [-0.2, -0.15) is 10.2 Å². The first-order valence-corrected chi connectivity index (χ1v) is 10.8. The average molecular weight is 482 g/mol. The van der Waals surface area contributed by atoms with E-state index in [2.05, 4.69) is 25.8 Å². The van der Waals surface area contributed by atoms with Crippen LogP contribution in [0.15, 0.2) is 49.1 Å². The lowest BCUT2D eigenvalue weighted by Gasteiger charge is -2.26. The standard InChI is InChI=1S/C22H20ClN7O4/c1-33-18-4-3-13(23)7-15(18)20-17(9-29(28-20)10-19(31)26-14-11-34-12-14)27-22(32)16-8-25-30-6-2-5-24-21(16)30/h2-9,14H,10-12H2,1H3,(H,26,31)(H,27,32). The molecule has 1 fully saturated rings. The van der Waals surface area contributed by atoms with Crippen molar-refractivity contribution in [1.29, 1.82) is 0 Å². The van der Waals surface area contributed by atoms with Crippen molar-refractivity contribution >= 4 is 34.7 Å². The van der Waals surface area contributed by atoms with Crippen LogP contribution in [-0.4, -0.2) is 62.6 Å². The molecule has 12 heteroatoms. The SMILES string of the molecule is COc1ccc(Cl)cc1-c1nn(CC(=O)NC2COC2)cc1NC(=O)c1cnn2cccnc12. The summed E-state index contributed by atoms with van der Waals surface area (Å²) in [5.41, 5.74) is 2.05. The monoisotopic (exact) mass is 481 g/mol. The third-order valence-corrected chi connectivity index (χ3v) is 5.49. The molecule has 5 rings (SSSR count). The second-order valence-electron chi connectivity index (χ2n) is 7.64. The molecular formula is C22H20ClN7O4. The van der Waals surface area contributed by atoms with E-state index in [1.165, 1.54) is 22.5 Å². The summed E-state index contributed by atoms with van der Waals surface area (Å²) in [6.07, 6.45) is 6.31. The molecule has 0 radical (unpaired) electrons. The van der Waals surface area contributed by atoms with E-state index in [1.807, 2.05) is 0 Å². The van der Waals surface area contributed by atoms with E-state index in [9.17, 15) is 9.59 Å². The molecule has 0 aliphatic carbocycles. The van der Waals surface area contributed by atoms with Gasteiger partial charge in [-0.1, -0.05) is 11.6 Å². The Morgan fingerprint density at radius 1 is 1.32 bits per heavy atom. The minimum Gasteiger partial charge on any atom is -0.496 e. The maximum absolute atomic E-state index is 13.1. The second kappa shape index (κ2) is 9.12. The molecule has 174 valence electrons. The molecule has 0 atom stereocenters. The van der Waals surface area contributed by atoms with Crippen molar-refractivity contribution in [1.82, 2.24) is 29.7 Å². The van der Waals surface area contributed by atoms with Gasteiger partial charge >= 0.3 is 0 Å². The van der Waals surface area contributed by atoms with Gasteiger partial charge in [-0.05, 0) is 24.3 Å². The van der Waals surface area contributed by atoms with Crippen LogP contribution in [0.1, 0.15) is 10.4 Å². The van der Waals surface area contributed by atoms with E-state index in [4.69, 9.17) is 21.1 Å². The van der Waals surface area contributed by atoms with Crippen LogP contribution in [0.4, 0.5) is 5.69 Å². The number of hydrogen-bond donors (Lipinski definition) is 2. The molecular weight excluding hydrogens is 462 g/mol. The zero-order chi connectivity index (χ0) is 23.7. The molecule has 0 bridgehead atoms. The van der Waals surface area contributed by atoms with Crippen molar-refractivity contribution in [2.45, 2.75) is 12.6 Å². The highest BCUT2D eigenvalue weighted by Crippen LogP contribution is 2.36. The van der Waals surface area contributed by atoms with Crippen LogP contribution in [0.25, 0.3) is 16.9 Å². The molecule has 0 spiro atoms. The van der Waals surface area contributed by atoms with Crippen molar-refractivity contribution in [3.05, 3.63) is 59.6 Å². The van der Waals surface area contributed by atoms with Gasteiger partial charge in [0.25, 0.3) is 5.91 Å². The molecule has 3 aromatic heterocycles.